The number of halogens is 1. The van der Waals surface area contributed by atoms with E-state index >= 15 is 0 Å². The summed E-state index contributed by atoms with van der Waals surface area (Å²) >= 11 is 0. The first-order valence-corrected chi connectivity index (χ1v) is 7.03. The van der Waals surface area contributed by atoms with Gasteiger partial charge in [0.2, 0.25) is 0 Å². The molecule has 0 saturated heterocycles. The molecule has 0 aliphatic rings. The molecule has 2 rings (SSSR count). The van der Waals surface area contributed by atoms with Crippen molar-refractivity contribution >= 4 is 0 Å². The molecule has 1 aromatic carbocycles. The van der Waals surface area contributed by atoms with Gasteiger partial charge in [-0.1, -0.05) is 13.8 Å². The Morgan fingerprint density at radius 3 is 2.76 bits per heavy atom. The summed E-state index contributed by atoms with van der Waals surface area (Å²) in [4.78, 5) is 18.9. The maximum atomic E-state index is 13.3. The van der Waals surface area contributed by atoms with E-state index in [0.29, 0.717) is 35.1 Å². The van der Waals surface area contributed by atoms with Gasteiger partial charge in [0.15, 0.2) is 0 Å². The lowest BCUT2D eigenvalue weighted by Gasteiger charge is -2.08. The summed E-state index contributed by atoms with van der Waals surface area (Å²) in [5.74, 6) is 0.731. The van der Waals surface area contributed by atoms with Crippen LogP contribution in [0.3, 0.4) is 0 Å². The third-order valence-corrected chi connectivity index (χ3v) is 3.08. The number of nitrogens with zero attached hydrogens (tertiary/aromatic N) is 1. The van der Waals surface area contributed by atoms with E-state index in [1.54, 1.807) is 19.1 Å². The SMILES string of the molecule is Cc1cc(-c2nc(CNCC(C)C)cc(=O)[nH]2)ccc1F. The molecule has 0 saturated carbocycles. The lowest BCUT2D eigenvalue weighted by molar-refractivity contribution is 0.548. The lowest BCUT2D eigenvalue weighted by atomic mass is 10.1. The fraction of sp³-hybridized carbons (Fsp3) is 0.375. The highest BCUT2D eigenvalue weighted by atomic mass is 19.1. The minimum atomic E-state index is -0.268. The van der Waals surface area contributed by atoms with Crippen molar-refractivity contribution in [1.29, 1.82) is 0 Å². The van der Waals surface area contributed by atoms with Crippen molar-refractivity contribution in [2.75, 3.05) is 6.54 Å². The minimum absolute atomic E-state index is 0.205. The number of rotatable bonds is 5. The Kier molecular flexibility index (Phi) is 4.85. The summed E-state index contributed by atoms with van der Waals surface area (Å²) in [5.41, 5.74) is 1.70. The maximum absolute atomic E-state index is 13.3. The highest BCUT2D eigenvalue weighted by Crippen LogP contribution is 2.17. The fourth-order valence-electron chi connectivity index (χ4n) is 2.02. The first-order chi connectivity index (χ1) is 9.95. The first kappa shape index (κ1) is 15.4. The average molecular weight is 289 g/mol. The van der Waals surface area contributed by atoms with Crippen molar-refractivity contribution < 1.29 is 4.39 Å². The summed E-state index contributed by atoms with van der Waals surface area (Å²) in [5, 5.41) is 3.25. The van der Waals surface area contributed by atoms with Crippen LogP contribution in [0.4, 0.5) is 4.39 Å². The molecule has 0 spiro atoms. The summed E-state index contributed by atoms with van der Waals surface area (Å²) in [7, 11) is 0. The molecule has 0 aliphatic heterocycles. The van der Waals surface area contributed by atoms with Crippen molar-refractivity contribution in [2.45, 2.75) is 27.3 Å². The molecule has 0 amide bonds. The molecule has 4 nitrogen and oxygen atoms in total. The van der Waals surface area contributed by atoms with E-state index in [0.717, 1.165) is 6.54 Å². The topological polar surface area (TPSA) is 57.8 Å². The minimum Gasteiger partial charge on any atom is -0.311 e. The van der Waals surface area contributed by atoms with Crippen LogP contribution in [0.25, 0.3) is 11.4 Å². The molecular weight excluding hydrogens is 269 g/mol. The van der Waals surface area contributed by atoms with Gasteiger partial charge in [-0.2, -0.15) is 0 Å². The molecule has 0 unspecified atom stereocenters. The third kappa shape index (κ3) is 4.23. The Morgan fingerprint density at radius 2 is 2.10 bits per heavy atom. The molecule has 2 aromatic rings. The van der Waals surface area contributed by atoms with Gasteiger partial charge in [-0.15, -0.1) is 0 Å². The van der Waals surface area contributed by atoms with Crippen molar-refractivity contribution in [3.05, 3.63) is 51.7 Å². The average Bonchev–Trinajstić information content (AvgIpc) is 2.41. The van der Waals surface area contributed by atoms with Crippen molar-refractivity contribution in [1.82, 2.24) is 15.3 Å². The molecule has 0 aliphatic carbocycles. The zero-order valence-corrected chi connectivity index (χ0v) is 12.5. The molecule has 1 aromatic heterocycles. The Balaban J connectivity index is 2.25. The summed E-state index contributed by atoms with van der Waals surface area (Å²) in [6.45, 7) is 7.32. The van der Waals surface area contributed by atoms with Gasteiger partial charge in [0.25, 0.3) is 5.56 Å². The molecule has 112 valence electrons. The highest BCUT2D eigenvalue weighted by molar-refractivity contribution is 5.56. The number of aryl methyl sites for hydroxylation is 1. The normalized spacial score (nSPS) is 11.1. The monoisotopic (exact) mass is 289 g/mol. The van der Waals surface area contributed by atoms with Crippen molar-refractivity contribution in [3.63, 3.8) is 0 Å². The zero-order valence-electron chi connectivity index (χ0n) is 12.5. The summed E-state index contributed by atoms with van der Waals surface area (Å²) < 4.78 is 13.3. The maximum Gasteiger partial charge on any atom is 0.251 e. The second-order valence-corrected chi connectivity index (χ2v) is 5.57. The number of hydrogen-bond acceptors (Lipinski definition) is 3. The van der Waals surface area contributed by atoms with E-state index in [9.17, 15) is 9.18 Å². The third-order valence-electron chi connectivity index (χ3n) is 3.08. The standard InChI is InChI=1S/C16H20FN3O/c1-10(2)8-18-9-13-7-15(21)20-16(19-13)12-4-5-14(17)11(3)6-12/h4-7,10,18H,8-9H2,1-3H3,(H,19,20,21). The molecular formula is C16H20FN3O. The summed E-state index contributed by atoms with van der Waals surface area (Å²) in [6.07, 6.45) is 0. The Bertz CT molecular complexity index is 679. The van der Waals surface area contributed by atoms with Gasteiger partial charge in [0.1, 0.15) is 11.6 Å². The van der Waals surface area contributed by atoms with Crippen LogP contribution in [-0.4, -0.2) is 16.5 Å². The molecule has 0 bridgehead atoms. The first-order valence-electron chi connectivity index (χ1n) is 7.03. The second-order valence-electron chi connectivity index (χ2n) is 5.57. The molecule has 21 heavy (non-hydrogen) atoms. The molecule has 0 fully saturated rings. The number of benzene rings is 1. The number of aromatic amines is 1. The fourth-order valence-corrected chi connectivity index (χ4v) is 2.02. The van der Waals surface area contributed by atoms with Crippen LogP contribution >= 0.6 is 0 Å². The number of nitrogens with one attached hydrogen (secondary N) is 2. The summed E-state index contributed by atoms with van der Waals surface area (Å²) in [6, 6.07) is 6.16. The molecule has 0 radical (unpaired) electrons. The number of hydrogen-bond donors (Lipinski definition) is 2. The van der Waals surface area contributed by atoms with Gasteiger partial charge in [-0.25, -0.2) is 9.37 Å². The van der Waals surface area contributed by atoms with E-state index < -0.39 is 0 Å². The van der Waals surface area contributed by atoms with Crippen molar-refractivity contribution in [2.24, 2.45) is 5.92 Å². The second kappa shape index (κ2) is 6.63. The van der Waals surface area contributed by atoms with E-state index in [1.165, 1.54) is 12.1 Å². The van der Waals surface area contributed by atoms with Crippen LogP contribution in [0, 0.1) is 18.7 Å². The number of aromatic nitrogens is 2. The van der Waals surface area contributed by atoms with Gasteiger partial charge < -0.3 is 10.3 Å². The highest BCUT2D eigenvalue weighted by Gasteiger charge is 2.06. The smallest absolute Gasteiger partial charge is 0.251 e. The van der Waals surface area contributed by atoms with E-state index in [2.05, 4.69) is 29.1 Å². The molecule has 5 heteroatoms. The largest absolute Gasteiger partial charge is 0.311 e. The van der Waals surface area contributed by atoms with E-state index in [1.807, 2.05) is 0 Å². The molecule has 2 N–H and O–H groups in total. The quantitative estimate of drug-likeness (QED) is 0.889. The van der Waals surface area contributed by atoms with Crippen LogP contribution in [-0.2, 0) is 6.54 Å². The van der Waals surface area contributed by atoms with Crippen LogP contribution in [0.2, 0.25) is 0 Å². The van der Waals surface area contributed by atoms with Gasteiger partial charge in [0, 0.05) is 18.2 Å². The van der Waals surface area contributed by atoms with E-state index in [4.69, 9.17) is 0 Å². The Morgan fingerprint density at radius 1 is 1.33 bits per heavy atom. The molecule has 1 heterocycles. The zero-order chi connectivity index (χ0) is 15.4. The van der Waals surface area contributed by atoms with E-state index in [-0.39, 0.29) is 11.4 Å². The predicted molar refractivity (Wildman–Crippen MR) is 81.5 cm³/mol. The molecule has 0 atom stereocenters. The Hall–Kier alpha value is -2.01. The lowest BCUT2D eigenvalue weighted by Crippen LogP contribution is -2.21. The van der Waals surface area contributed by atoms with Gasteiger partial charge in [-0.3, -0.25) is 4.79 Å². The van der Waals surface area contributed by atoms with Gasteiger partial charge in [0.05, 0.1) is 5.69 Å². The van der Waals surface area contributed by atoms with Crippen LogP contribution < -0.4 is 10.9 Å². The van der Waals surface area contributed by atoms with Crippen LogP contribution in [0.1, 0.15) is 25.1 Å². The van der Waals surface area contributed by atoms with Gasteiger partial charge >= 0.3 is 0 Å². The van der Waals surface area contributed by atoms with Gasteiger partial charge in [-0.05, 0) is 43.1 Å². The van der Waals surface area contributed by atoms with Crippen molar-refractivity contribution in [3.8, 4) is 11.4 Å². The number of H-pyrrole nitrogens is 1. The van der Waals surface area contributed by atoms with Crippen LogP contribution in [0.5, 0.6) is 0 Å². The predicted octanol–water partition coefficient (Wildman–Crippen LogP) is 2.63. The Labute approximate surface area is 123 Å². The van der Waals surface area contributed by atoms with Crippen LogP contribution in [0.15, 0.2) is 29.1 Å².